The molecule has 2 N–H and O–H groups in total. The lowest BCUT2D eigenvalue weighted by atomic mass is 10.1. The molecule has 31 heavy (non-hydrogen) atoms. The van der Waals surface area contributed by atoms with Crippen molar-refractivity contribution in [2.45, 2.75) is 63.6 Å². The number of piperazine rings is 1. The van der Waals surface area contributed by atoms with E-state index in [1.165, 1.54) is 10.9 Å². The van der Waals surface area contributed by atoms with Gasteiger partial charge in [0.25, 0.3) is 0 Å². The van der Waals surface area contributed by atoms with Gasteiger partial charge in [0.1, 0.15) is 6.54 Å². The van der Waals surface area contributed by atoms with Gasteiger partial charge in [-0.1, -0.05) is 18.2 Å². The number of aromatic nitrogens is 1. The molecular formula is C24H34N4O3. The second-order valence-corrected chi connectivity index (χ2v) is 9.51. The van der Waals surface area contributed by atoms with Gasteiger partial charge in [-0.3, -0.25) is 14.6 Å². The highest BCUT2D eigenvalue weighted by atomic mass is 16.5. The number of aliphatic hydroxyl groups excluding tert-OH is 1. The Hall–Kier alpha value is -1.93. The first-order chi connectivity index (χ1) is 15.1. The van der Waals surface area contributed by atoms with Crippen LogP contribution in [0.2, 0.25) is 0 Å². The number of ether oxygens (including phenoxy) is 1. The van der Waals surface area contributed by atoms with E-state index >= 15 is 0 Å². The maximum Gasteiger partial charge on any atom is 0.240 e. The van der Waals surface area contributed by atoms with Crippen LogP contribution in [-0.4, -0.2) is 82.5 Å². The number of hydrogen-bond donors (Lipinski definition) is 2. The number of carbonyl (C=O) groups excluding carboxylic acids is 1. The Morgan fingerprint density at radius 1 is 1.26 bits per heavy atom. The van der Waals surface area contributed by atoms with E-state index in [1.807, 2.05) is 6.07 Å². The van der Waals surface area contributed by atoms with Crippen molar-refractivity contribution in [3.63, 3.8) is 0 Å². The molecule has 5 rings (SSSR count). The summed E-state index contributed by atoms with van der Waals surface area (Å²) in [4.78, 5) is 17.6. The quantitative estimate of drug-likeness (QED) is 0.734. The van der Waals surface area contributed by atoms with Crippen LogP contribution in [0, 0.1) is 0 Å². The fourth-order valence-electron chi connectivity index (χ4n) is 5.54. The van der Waals surface area contributed by atoms with Crippen molar-refractivity contribution in [1.82, 2.24) is 19.7 Å². The predicted molar refractivity (Wildman–Crippen MR) is 120 cm³/mol. The summed E-state index contributed by atoms with van der Waals surface area (Å²) in [5, 5.41) is 14.3. The summed E-state index contributed by atoms with van der Waals surface area (Å²) in [5.41, 5.74) is 2.37. The van der Waals surface area contributed by atoms with Gasteiger partial charge in [-0.15, -0.1) is 0 Å². The molecule has 4 heterocycles. The maximum absolute atomic E-state index is 12.6. The molecule has 0 aliphatic carbocycles. The van der Waals surface area contributed by atoms with Crippen LogP contribution in [0.15, 0.2) is 30.5 Å². The van der Waals surface area contributed by atoms with Gasteiger partial charge in [0, 0.05) is 68.5 Å². The van der Waals surface area contributed by atoms with Gasteiger partial charge in [-0.2, -0.15) is 0 Å². The van der Waals surface area contributed by atoms with Crippen molar-refractivity contribution in [2.24, 2.45) is 0 Å². The molecule has 0 unspecified atom stereocenters. The van der Waals surface area contributed by atoms with Gasteiger partial charge in [0.15, 0.2) is 0 Å². The number of rotatable bonds is 6. The molecule has 0 bridgehead atoms. The Bertz CT molecular complexity index is 923. The minimum absolute atomic E-state index is 0.0322. The monoisotopic (exact) mass is 426 g/mol. The van der Waals surface area contributed by atoms with Crippen LogP contribution in [0.5, 0.6) is 0 Å². The third-order valence-electron chi connectivity index (χ3n) is 7.18. The average Bonchev–Trinajstić information content (AvgIpc) is 3.47. The fourth-order valence-corrected chi connectivity index (χ4v) is 5.54. The van der Waals surface area contributed by atoms with Crippen molar-refractivity contribution in [3.8, 4) is 0 Å². The second kappa shape index (κ2) is 8.90. The molecule has 7 heteroatoms. The Labute approximate surface area is 183 Å². The first-order valence-corrected chi connectivity index (χ1v) is 11.7. The third-order valence-corrected chi connectivity index (χ3v) is 7.18. The van der Waals surface area contributed by atoms with Crippen LogP contribution in [0.1, 0.15) is 31.7 Å². The van der Waals surface area contributed by atoms with E-state index < -0.39 is 0 Å². The van der Waals surface area contributed by atoms with Crippen molar-refractivity contribution < 1.29 is 14.6 Å². The fraction of sp³-hybridized carbons (Fsp3) is 0.625. The highest BCUT2D eigenvalue weighted by Gasteiger charge is 2.38. The van der Waals surface area contributed by atoms with Crippen LogP contribution < -0.4 is 5.32 Å². The molecule has 4 atom stereocenters. The van der Waals surface area contributed by atoms with E-state index in [0.29, 0.717) is 25.2 Å². The molecule has 3 aliphatic rings. The minimum atomic E-state index is -0.188. The first-order valence-electron chi connectivity index (χ1n) is 11.7. The molecule has 3 aliphatic heterocycles. The zero-order valence-electron chi connectivity index (χ0n) is 18.4. The summed E-state index contributed by atoms with van der Waals surface area (Å²) in [6.07, 6.45) is 5.11. The van der Waals surface area contributed by atoms with Crippen LogP contribution in [0.25, 0.3) is 10.9 Å². The van der Waals surface area contributed by atoms with Crippen molar-refractivity contribution >= 4 is 16.8 Å². The van der Waals surface area contributed by atoms with Gasteiger partial charge in [0.2, 0.25) is 5.91 Å². The number of fused-ring (bicyclic) bond motifs is 2. The van der Waals surface area contributed by atoms with Crippen LogP contribution in [0.3, 0.4) is 0 Å². The van der Waals surface area contributed by atoms with E-state index in [1.54, 1.807) is 0 Å². The normalized spacial score (nSPS) is 29.5. The number of aliphatic hydroxyl groups is 1. The maximum atomic E-state index is 12.6. The molecule has 1 amide bonds. The SMILES string of the molecule is C[C@H]1CN2C[C@H](O)C[C@H]2CN1Cc1cn(CC(=O)NC[C@H]2CCCO2)c2ccccc12. The van der Waals surface area contributed by atoms with E-state index in [2.05, 4.69) is 51.0 Å². The molecule has 3 saturated heterocycles. The molecule has 2 aromatic rings. The van der Waals surface area contributed by atoms with E-state index in [-0.39, 0.29) is 18.1 Å². The molecule has 7 nitrogen and oxygen atoms in total. The minimum Gasteiger partial charge on any atom is -0.392 e. The first kappa shape index (κ1) is 20.9. The van der Waals surface area contributed by atoms with Crippen LogP contribution in [-0.2, 0) is 22.6 Å². The zero-order chi connectivity index (χ0) is 21.4. The van der Waals surface area contributed by atoms with Gasteiger partial charge in [0.05, 0.1) is 12.2 Å². The summed E-state index contributed by atoms with van der Waals surface area (Å²) < 4.78 is 7.69. The Morgan fingerprint density at radius 2 is 2.13 bits per heavy atom. The lowest BCUT2D eigenvalue weighted by Gasteiger charge is -2.42. The lowest BCUT2D eigenvalue weighted by Crippen LogP contribution is -2.54. The number of amides is 1. The zero-order valence-corrected chi connectivity index (χ0v) is 18.4. The van der Waals surface area contributed by atoms with Crippen molar-refractivity contribution in [2.75, 3.05) is 32.8 Å². The Kier molecular flexibility index (Phi) is 6.01. The van der Waals surface area contributed by atoms with E-state index in [9.17, 15) is 9.90 Å². The van der Waals surface area contributed by atoms with Gasteiger partial charge < -0.3 is 19.7 Å². The molecule has 0 saturated carbocycles. The number of hydrogen-bond acceptors (Lipinski definition) is 5. The van der Waals surface area contributed by atoms with Crippen LogP contribution in [0.4, 0.5) is 0 Å². The largest absolute Gasteiger partial charge is 0.392 e. The topological polar surface area (TPSA) is 70.0 Å². The van der Waals surface area contributed by atoms with E-state index in [0.717, 1.165) is 57.6 Å². The number of nitrogens with zero attached hydrogens (tertiary/aromatic N) is 3. The Balaban J connectivity index is 1.28. The third kappa shape index (κ3) is 4.51. The summed E-state index contributed by atoms with van der Waals surface area (Å²) in [6.45, 7) is 7.67. The van der Waals surface area contributed by atoms with Crippen molar-refractivity contribution in [1.29, 1.82) is 0 Å². The van der Waals surface area contributed by atoms with Crippen LogP contribution >= 0.6 is 0 Å². The number of para-hydroxylation sites is 1. The molecular weight excluding hydrogens is 392 g/mol. The molecule has 1 aromatic carbocycles. The van der Waals surface area contributed by atoms with Crippen molar-refractivity contribution in [3.05, 3.63) is 36.0 Å². The van der Waals surface area contributed by atoms with Gasteiger partial charge in [-0.25, -0.2) is 0 Å². The summed E-state index contributed by atoms with van der Waals surface area (Å²) >= 11 is 0. The number of benzene rings is 1. The molecule has 0 radical (unpaired) electrons. The Morgan fingerprint density at radius 3 is 2.97 bits per heavy atom. The van der Waals surface area contributed by atoms with Gasteiger partial charge in [-0.05, 0) is 37.8 Å². The summed E-state index contributed by atoms with van der Waals surface area (Å²) in [7, 11) is 0. The number of carbonyl (C=O) groups is 1. The number of nitrogens with one attached hydrogen (secondary N) is 1. The molecule has 0 spiro atoms. The molecule has 1 aromatic heterocycles. The summed E-state index contributed by atoms with van der Waals surface area (Å²) in [5.74, 6) is 0.0322. The summed E-state index contributed by atoms with van der Waals surface area (Å²) in [6, 6.07) is 9.25. The smallest absolute Gasteiger partial charge is 0.240 e. The molecule has 3 fully saturated rings. The average molecular weight is 427 g/mol. The standard InChI is InChI=1S/C24H34N4O3/c1-17-11-27-15-20(29)9-19(27)14-26(17)12-18-13-28(23-7-3-2-6-22(18)23)16-24(30)25-10-21-5-4-8-31-21/h2-3,6-7,13,17,19-21,29H,4-5,8-12,14-16H2,1H3,(H,25,30)/t17-,19-,20+,21+/m0/s1. The highest BCUT2D eigenvalue weighted by molar-refractivity contribution is 5.86. The highest BCUT2D eigenvalue weighted by Crippen LogP contribution is 2.28. The predicted octanol–water partition coefficient (Wildman–Crippen LogP) is 1.58. The molecule has 168 valence electrons. The lowest BCUT2D eigenvalue weighted by molar-refractivity contribution is -0.122. The second-order valence-electron chi connectivity index (χ2n) is 9.51. The van der Waals surface area contributed by atoms with Gasteiger partial charge >= 0.3 is 0 Å². The van der Waals surface area contributed by atoms with E-state index in [4.69, 9.17) is 4.74 Å².